The number of rotatable bonds is 7. The first-order valence-corrected chi connectivity index (χ1v) is 11.8. The molecule has 33 heavy (non-hydrogen) atoms. The molecule has 0 amide bonds. The van der Waals surface area contributed by atoms with Crippen LogP contribution < -0.4 is 5.43 Å². The molecule has 0 N–H and O–H groups in total. The lowest BCUT2D eigenvalue weighted by Crippen LogP contribution is -2.27. The molecule has 172 valence electrons. The van der Waals surface area contributed by atoms with Gasteiger partial charge in [0.05, 0.1) is 10.9 Å². The summed E-state index contributed by atoms with van der Waals surface area (Å²) in [4.78, 5) is 28.1. The van der Waals surface area contributed by atoms with E-state index in [9.17, 15) is 9.59 Å². The Morgan fingerprint density at radius 1 is 1.12 bits per heavy atom. The average molecular weight is 446 g/mol. The molecular formula is C28H31NO4. The fraction of sp³-hybridized carbons (Fsp3) is 0.357. The maximum Gasteiger partial charge on any atom is 0.338 e. The molecule has 4 rings (SSSR count). The molecule has 0 atom stereocenters. The molecule has 2 aromatic carbocycles. The van der Waals surface area contributed by atoms with Crippen LogP contribution in [0.2, 0.25) is 0 Å². The van der Waals surface area contributed by atoms with Crippen LogP contribution in [-0.4, -0.2) is 37.1 Å². The van der Waals surface area contributed by atoms with E-state index in [0.717, 1.165) is 37.1 Å². The summed E-state index contributed by atoms with van der Waals surface area (Å²) in [6.07, 6.45) is 4.57. The van der Waals surface area contributed by atoms with Gasteiger partial charge in [-0.2, -0.15) is 0 Å². The molecule has 0 spiro atoms. The highest BCUT2D eigenvalue weighted by Gasteiger charge is 2.23. The third-order valence-corrected chi connectivity index (χ3v) is 6.44. The molecule has 0 unspecified atom stereocenters. The van der Waals surface area contributed by atoms with Crippen molar-refractivity contribution in [3.05, 3.63) is 80.7 Å². The third-order valence-electron chi connectivity index (χ3n) is 6.44. The van der Waals surface area contributed by atoms with Crippen molar-refractivity contribution in [3.63, 3.8) is 0 Å². The van der Waals surface area contributed by atoms with Gasteiger partial charge >= 0.3 is 5.97 Å². The quantitative estimate of drug-likeness (QED) is 0.451. The van der Waals surface area contributed by atoms with Gasteiger partial charge in [0.15, 0.2) is 5.43 Å². The number of hydrogen-bond donors (Lipinski definition) is 0. The van der Waals surface area contributed by atoms with E-state index in [0.29, 0.717) is 47.4 Å². The maximum absolute atomic E-state index is 13.3. The smallest absolute Gasteiger partial charge is 0.338 e. The van der Waals surface area contributed by atoms with E-state index in [1.807, 2.05) is 12.1 Å². The van der Waals surface area contributed by atoms with E-state index in [1.54, 1.807) is 18.2 Å². The van der Waals surface area contributed by atoms with Crippen LogP contribution in [0.5, 0.6) is 0 Å². The highest BCUT2D eigenvalue weighted by molar-refractivity contribution is 5.94. The lowest BCUT2D eigenvalue weighted by atomic mass is 9.89. The standard InChI is InChI=1S/C28H31NO4/c1-4-29(5-2)15-16-32-28(31)22-13-14-25-24(18-22)26(30)23-12-8-11-21(27(23)33-25)17-20-10-7-6-9-19(20)3/h6-7,9-10,13-14,17-18H,4-5,8,11-12,15-16H2,1-3H3. The van der Waals surface area contributed by atoms with Gasteiger partial charge in [-0.15, -0.1) is 0 Å². The fourth-order valence-corrected chi connectivity index (χ4v) is 4.38. The van der Waals surface area contributed by atoms with Gasteiger partial charge in [-0.05, 0) is 80.3 Å². The summed E-state index contributed by atoms with van der Waals surface area (Å²) in [5, 5.41) is 0.434. The van der Waals surface area contributed by atoms with Crippen molar-refractivity contribution in [2.24, 2.45) is 0 Å². The Kier molecular flexibility index (Phi) is 7.09. The van der Waals surface area contributed by atoms with E-state index in [-0.39, 0.29) is 5.43 Å². The van der Waals surface area contributed by atoms with Crippen LogP contribution in [0.4, 0.5) is 0 Å². The Morgan fingerprint density at radius 2 is 1.91 bits per heavy atom. The molecule has 0 radical (unpaired) electrons. The summed E-state index contributed by atoms with van der Waals surface area (Å²) >= 11 is 0. The largest absolute Gasteiger partial charge is 0.461 e. The van der Waals surface area contributed by atoms with E-state index in [2.05, 4.69) is 43.9 Å². The van der Waals surface area contributed by atoms with Crippen molar-refractivity contribution in [3.8, 4) is 0 Å². The summed E-state index contributed by atoms with van der Waals surface area (Å²) in [7, 11) is 0. The van der Waals surface area contributed by atoms with Crippen molar-refractivity contribution < 1.29 is 13.9 Å². The number of nitrogens with zero attached hydrogens (tertiary/aromatic N) is 1. The molecule has 0 fully saturated rings. The first-order valence-electron chi connectivity index (χ1n) is 11.8. The van der Waals surface area contributed by atoms with Crippen LogP contribution in [0.25, 0.3) is 22.6 Å². The molecule has 1 aliphatic rings. The molecule has 1 heterocycles. The first-order chi connectivity index (χ1) is 16.0. The number of allylic oxidation sites excluding steroid dienone is 1. The summed E-state index contributed by atoms with van der Waals surface area (Å²) in [5.41, 5.74) is 4.87. The molecule has 0 saturated carbocycles. The van der Waals surface area contributed by atoms with Gasteiger partial charge in [0.2, 0.25) is 0 Å². The molecule has 0 saturated heterocycles. The number of carbonyl (C=O) groups excluding carboxylic acids is 1. The number of ether oxygens (including phenoxy) is 1. The zero-order valence-corrected chi connectivity index (χ0v) is 19.6. The van der Waals surface area contributed by atoms with Gasteiger partial charge in [-0.25, -0.2) is 4.79 Å². The summed E-state index contributed by atoms with van der Waals surface area (Å²) < 4.78 is 11.7. The van der Waals surface area contributed by atoms with Gasteiger partial charge in [0.1, 0.15) is 18.0 Å². The second-order valence-corrected chi connectivity index (χ2v) is 8.49. The van der Waals surface area contributed by atoms with Crippen molar-refractivity contribution in [1.29, 1.82) is 0 Å². The number of carbonyl (C=O) groups is 1. The number of hydrogen-bond acceptors (Lipinski definition) is 5. The molecule has 0 bridgehead atoms. The van der Waals surface area contributed by atoms with E-state index >= 15 is 0 Å². The molecule has 0 aliphatic heterocycles. The van der Waals surface area contributed by atoms with Crippen LogP contribution in [0, 0.1) is 6.92 Å². The number of esters is 1. The molecule has 1 aliphatic carbocycles. The lowest BCUT2D eigenvalue weighted by molar-refractivity contribution is 0.0466. The van der Waals surface area contributed by atoms with Crippen molar-refractivity contribution >= 4 is 28.6 Å². The van der Waals surface area contributed by atoms with Gasteiger partial charge in [0, 0.05) is 12.1 Å². The summed E-state index contributed by atoms with van der Waals surface area (Å²) in [5.74, 6) is 0.262. The number of benzene rings is 2. The van der Waals surface area contributed by atoms with Crippen LogP contribution in [0.15, 0.2) is 51.7 Å². The molecule has 5 nitrogen and oxygen atoms in total. The number of likely N-dealkylation sites (N-methyl/N-ethyl adjacent to an activating group) is 1. The van der Waals surface area contributed by atoms with E-state index < -0.39 is 5.97 Å². The Labute approximate surface area is 194 Å². The molecular weight excluding hydrogens is 414 g/mol. The topological polar surface area (TPSA) is 59.8 Å². The molecule has 3 aromatic rings. The number of fused-ring (bicyclic) bond motifs is 2. The minimum Gasteiger partial charge on any atom is -0.461 e. The average Bonchev–Trinajstić information content (AvgIpc) is 2.83. The predicted molar refractivity (Wildman–Crippen MR) is 133 cm³/mol. The van der Waals surface area contributed by atoms with Crippen LogP contribution in [0.1, 0.15) is 59.5 Å². The van der Waals surface area contributed by atoms with Gasteiger partial charge in [0.25, 0.3) is 0 Å². The van der Waals surface area contributed by atoms with Crippen molar-refractivity contribution in [2.45, 2.75) is 40.0 Å². The van der Waals surface area contributed by atoms with E-state index in [1.165, 1.54) is 5.56 Å². The van der Waals surface area contributed by atoms with Crippen LogP contribution >= 0.6 is 0 Å². The highest BCUT2D eigenvalue weighted by atomic mass is 16.5. The maximum atomic E-state index is 13.3. The monoisotopic (exact) mass is 445 g/mol. The first kappa shape index (κ1) is 23.0. The second kappa shape index (κ2) is 10.2. The number of aryl methyl sites for hydroxylation is 1. The van der Waals surface area contributed by atoms with Gasteiger partial charge < -0.3 is 14.1 Å². The van der Waals surface area contributed by atoms with Crippen molar-refractivity contribution in [2.75, 3.05) is 26.2 Å². The zero-order valence-electron chi connectivity index (χ0n) is 19.6. The Bertz CT molecular complexity index is 1250. The summed E-state index contributed by atoms with van der Waals surface area (Å²) in [6, 6.07) is 13.2. The Hall–Kier alpha value is -3.18. The Morgan fingerprint density at radius 3 is 2.67 bits per heavy atom. The lowest BCUT2D eigenvalue weighted by Gasteiger charge is -2.19. The van der Waals surface area contributed by atoms with Gasteiger partial charge in [-0.3, -0.25) is 4.79 Å². The highest BCUT2D eigenvalue weighted by Crippen LogP contribution is 2.33. The van der Waals surface area contributed by atoms with Crippen LogP contribution in [0.3, 0.4) is 0 Å². The molecule has 5 heteroatoms. The van der Waals surface area contributed by atoms with Gasteiger partial charge in [-0.1, -0.05) is 38.1 Å². The minimum absolute atomic E-state index is 0.0561. The Balaban J connectivity index is 1.64. The predicted octanol–water partition coefficient (Wildman–Crippen LogP) is 5.48. The third kappa shape index (κ3) is 4.93. The second-order valence-electron chi connectivity index (χ2n) is 8.49. The van der Waals surface area contributed by atoms with Crippen molar-refractivity contribution in [1.82, 2.24) is 4.90 Å². The zero-order chi connectivity index (χ0) is 23.4. The van der Waals surface area contributed by atoms with Crippen LogP contribution in [-0.2, 0) is 11.2 Å². The summed E-state index contributed by atoms with van der Waals surface area (Å²) in [6.45, 7) is 9.08. The normalized spacial score (nSPS) is 14.6. The molecule has 1 aromatic heterocycles. The fourth-order valence-electron chi connectivity index (χ4n) is 4.38. The SMILES string of the molecule is CCN(CC)CCOC(=O)c1ccc2oc3c(c(=O)c2c1)CCCC3=Cc1ccccc1C. The minimum atomic E-state index is -0.415. The van der Waals surface area contributed by atoms with E-state index in [4.69, 9.17) is 9.15 Å².